The molecule has 1 atom stereocenters. The Kier molecular flexibility index (Phi) is 4.34. The summed E-state index contributed by atoms with van der Waals surface area (Å²) >= 11 is 0. The van der Waals surface area contributed by atoms with Gasteiger partial charge in [-0.1, -0.05) is 0 Å². The molecule has 0 aromatic heterocycles. The molecule has 3 rings (SSSR count). The van der Waals surface area contributed by atoms with Gasteiger partial charge in [0.25, 0.3) is 11.6 Å². The molecule has 1 fully saturated rings. The summed E-state index contributed by atoms with van der Waals surface area (Å²) in [5, 5.41) is 13.8. The number of hydrogen-bond donors (Lipinski definition) is 2. The highest BCUT2D eigenvalue weighted by atomic mass is 16.6. The second kappa shape index (κ2) is 6.44. The van der Waals surface area contributed by atoms with E-state index in [1.807, 2.05) is 0 Å². The van der Waals surface area contributed by atoms with Crippen molar-refractivity contribution in [2.24, 2.45) is 11.7 Å². The minimum atomic E-state index is -0.560. The minimum Gasteiger partial charge on any atom is -0.482 e. The Morgan fingerprint density at radius 2 is 2.25 bits per heavy atom. The van der Waals surface area contributed by atoms with Crippen LogP contribution in [0, 0.1) is 16.0 Å². The highest BCUT2D eigenvalue weighted by molar-refractivity contribution is 6.02. The molecule has 0 radical (unpaired) electrons. The number of nitrogens with one attached hydrogen (secondary N) is 1. The minimum absolute atomic E-state index is 0.0989. The second-order valence-corrected chi connectivity index (χ2v) is 5.92. The fraction of sp³-hybridized carbons (Fsp3) is 0.467. The van der Waals surface area contributed by atoms with Gasteiger partial charge in [0.2, 0.25) is 5.91 Å². The fourth-order valence-electron chi connectivity index (χ4n) is 2.74. The molecule has 1 aliphatic carbocycles. The topological polar surface area (TPSA) is 128 Å². The predicted molar refractivity (Wildman–Crippen MR) is 84.7 cm³/mol. The van der Waals surface area contributed by atoms with E-state index in [0.717, 1.165) is 12.8 Å². The van der Waals surface area contributed by atoms with E-state index in [-0.39, 0.29) is 36.5 Å². The summed E-state index contributed by atoms with van der Waals surface area (Å²) in [6.45, 7) is -0.0872. The lowest BCUT2D eigenvalue weighted by Gasteiger charge is -2.29. The lowest BCUT2D eigenvalue weighted by Crippen LogP contribution is -2.49. The van der Waals surface area contributed by atoms with Gasteiger partial charge >= 0.3 is 0 Å². The highest BCUT2D eigenvalue weighted by Gasteiger charge is 2.33. The number of rotatable bonds is 6. The first-order valence-electron chi connectivity index (χ1n) is 7.70. The third kappa shape index (κ3) is 3.30. The number of nitro benzene ring substituents is 1. The van der Waals surface area contributed by atoms with Crippen molar-refractivity contribution in [2.45, 2.75) is 18.9 Å². The molecule has 2 amide bonds. The van der Waals surface area contributed by atoms with Crippen LogP contribution >= 0.6 is 0 Å². The first kappa shape index (κ1) is 16.2. The predicted octanol–water partition coefficient (Wildman–Crippen LogP) is 0.174. The van der Waals surface area contributed by atoms with E-state index in [4.69, 9.17) is 10.5 Å². The molecule has 1 heterocycles. The highest BCUT2D eigenvalue weighted by Crippen LogP contribution is 2.35. The van der Waals surface area contributed by atoms with Crippen LogP contribution < -0.4 is 20.7 Å². The third-order valence-electron chi connectivity index (χ3n) is 4.19. The Morgan fingerprint density at radius 3 is 2.88 bits per heavy atom. The van der Waals surface area contributed by atoms with Crippen molar-refractivity contribution in [1.29, 1.82) is 0 Å². The average molecular weight is 334 g/mol. The number of fused-ring (bicyclic) bond motifs is 1. The van der Waals surface area contributed by atoms with Gasteiger partial charge in [0, 0.05) is 24.7 Å². The molecule has 9 nitrogen and oxygen atoms in total. The lowest BCUT2D eigenvalue weighted by molar-refractivity contribution is -0.384. The molecule has 0 spiro atoms. The zero-order chi connectivity index (χ0) is 17.3. The average Bonchev–Trinajstić information content (AvgIpc) is 3.39. The van der Waals surface area contributed by atoms with E-state index in [2.05, 4.69) is 5.32 Å². The summed E-state index contributed by atoms with van der Waals surface area (Å²) in [4.78, 5) is 35.9. The number of carbonyl (C=O) groups excluding carboxylic acids is 2. The number of benzene rings is 1. The molecule has 0 bridgehead atoms. The number of nitro groups is 1. The van der Waals surface area contributed by atoms with Gasteiger partial charge in [-0.05, 0) is 24.8 Å². The lowest BCUT2D eigenvalue weighted by atomic mass is 10.2. The maximum atomic E-state index is 12.3. The maximum Gasteiger partial charge on any atom is 0.271 e. The molecular weight excluding hydrogens is 316 g/mol. The summed E-state index contributed by atoms with van der Waals surface area (Å²) in [6, 6.07) is 3.86. The van der Waals surface area contributed by atoms with Crippen molar-refractivity contribution in [3.8, 4) is 5.75 Å². The Bertz CT molecular complexity index is 688. The molecule has 3 N–H and O–H groups in total. The molecule has 128 valence electrons. The molecule has 9 heteroatoms. The number of hydrogen-bond acceptors (Lipinski definition) is 6. The maximum absolute atomic E-state index is 12.3. The number of nitrogens with zero attached hydrogens (tertiary/aromatic N) is 2. The summed E-state index contributed by atoms with van der Waals surface area (Å²) in [5.41, 5.74) is 5.72. The molecule has 1 saturated carbocycles. The van der Waals surface area contributed by atoms with Crippen molar-refractivity contribution in [3.63, 3.8) is 0 Å². The summed E-state index contributed by atoms with van der Waals surface area (Å²) in [6.07, 6.45) is 2.07. The van der Waals surface area contributed by atoms with Crippen LogP contribution in [-0.4, -0.2) is 42.5 Å². The van der Waals surface area contributed by atoms with Crippen LogP contribution in [0.5, 0.6) is 5.75 Å². The number of nitrogens with two attached hydrogens (primary N) is 1. The number of carbonyl (C=O) groups is 2. The molecule has 0 saturated heterocycles. The quantitative estimate of drug-likeness (QED) is 0.564. The Balaban J connectivity index is 1.77. The van der Waals surface area contributed by atoms with Crippen LogP contribution in [0.1, 0.15) is 12.8 Å². The van der Waals surface area contributed by atoms with E-state index in [1.165, 1.54) is 23.1 Å². The fourth-order valence-corrected chi connectivity index (χ4v) is 2.74. The SMILES string of the molecule is NCC(NC(=O)CN1C(=O)COc2ccc([N+](=O)[O-])cc21)C1CC1. The van der Waals surface area contributed by atoms with Crippen LogP contribution in [0.15, 0.2) is 18.2 Å². The van der Waals surface area contributed by atoms with Gasteiger partial charge in [-0.3, -0.25) is 24.6 Å². The van der Waals surface area contributed by atoms with Crippen LogP contribution in [-0.2, 0) is 9.59 Å². The molecular formula is C15H18N4O5. The summed E-state index contributed by atoms with van der Waals surface area (Å²) < 4.78 is 5.27. The van der Waals surface area contributed by atoms with Crippen LogP contribution in [0.25, 0.3) is 0 Å². The van der Waals surface area contributed by atoms with Gasteiger partial charge < -0.3 is 15.8 Å². The van der Waals surface area contributed by atoms with E-state index < -0.39 is 10.8 Å². The van der Waals surface area contributed by atoms with Crippen LogP contribution in [0.3, 0.4) is 0 Å². The van der Waals surface area contributed by atoms with Crippen molar-refractivity contribution < 1.29 is 19.2 Å². The van der Waals surface area contributed by atoms with Gasteiger partial charge in [0.15, 0.2) is 6.61 Å². The largest absolute Gasteiger partial charge is 0.482 e. The third-order valence-corrected chi connectivity index (χ3v) is 4.19. The monoisotopic (exact) mass is 334 g/mol. The van der Waals surface area contributed by atoms with Crippen LogP contribution in [0.2, 0.25) is 0 Å². The standard InChI is InChI=1S/C15H18N4O5/c16-6-11(9-1-2-9)17-14(20)7-18-12-5-10(19(22)23)3-4-13(12)24-8-15(18)21/h3-5,9,11H,1-2,6-8,16H2,(H,17,20). The van der Waals surface area contributed by atoms with E-state index >= 15 is 0 Å². The molecule has 1 unspecified atom stereocenters. The van der Waals surface area contributed by atoms with Crippen molar-refractivity contribution in [1.82, 2.24) is 5.32 Å². The van der Waals surface area contributed by atoms with Gasteiger partial charge in [-0.25, -0.2) is 0 Å². The first-order chi connectivity index (χ1) is 11.5. The zero-order valence-corrected chi connectivity index (χ0v) is 12.9. The van der Waals surface area contributed by atoms with Gasteiger partial charge in [0.1, 0.15) is 12.3 Å². The zero-order valence-electron chi connectivity index (χ0n) is 12.9. The Hall–Kier alpha value is -2.68. The van der Waals surface area contributed by atoms with Crippen molar-refractivity contribution in [3.05, 3.63) is 28.3 Å². The first-order valence-corrected chi connectivity index (χ1v) is 7.70. The second-order valence-electron chi connectivity index (χ2n) is 5.92. The molecule has 2 aliphatic rings. The summed E-state index contributed by atoms with van der Waals surface area (Å²) in [5.74, 6) is -0.0304. The summed E-state index contributed by atoms with van der Waals surface area (Å²) in [7, 11) is 0. The smallest absolute Gasteiger partial charge is 0.271 e. The van der Waals surface area contributed by atoms with Gasteiger partial charge in [-0.15, -0.1) is 0 Å². The Morgan fingerprint density at radius 1 is 1.50 bits per heavy atom. The van der Waals surface area contributed by atoms with Crippen molar-refractivity contribution in [2.75, 3.05) is 24.6 Å². The molecule has 1 aromatic rings. The van der Waals surface area contributed by atoms with E-state index in [1.54, 1.807) is 0 Å². The Labute approximate surface area is 137 Å². The normalized spacial score (nSPS) is 17.7. The number of anilines is 1. The van der Waals surface area contributed by atoms with Crippen LogP contribution in [0.4, 0.5) is 11.4 Å². The van der Waals surface area contributed by atoms with E-state index in [9.17, 15) is 19.7 Å². The number of amides is 2. The number of ether oxygens (including phenoxy) is 1. The van der Waals surface area contributed by atoms with E-state index in [0.29, 0.717) is 18.2 Å². The molecule has 1 aliphatic heterocycles. The van der Waals surface area contributed by atoms with Crippen molar-refractivity contribution >= 4 is 23.2 Å². The van der Waals surface area contributed by atoms with Gasteiger partial charge in [-0.2, -0.15) is 0 Å². The van der Waals surface area contributed by atoms with Gasteiger partial charge in [0.05, 0.1) is 10.6 Å². The molecule has 1 aromatic carbocycles. The number of non-ortho nitro benzene ring substituents is 1. The molecule has 24 heavy (non-hydrogen) atoms.